The predicted octanol–water partition coefficient (Wildman–Crippen LogP) is 9.32. The van der Waals surface area contributed by atoms with Crippen molar-refractivity contribution in [3.63, 3.8) is 0 Å². The van der Waals surface area contributed by atoms with Gasteiger partial charge in [0, 0.05) is 12.7 Å². The van der Waals surface area contributed by atoms with E-state index in [-0.39, 0.29) is 0 Å². The highest BCUT2D eigenvalue weighted by atomic mass is 15.1. The Bertz CT molecular complexity index is 1810. The molecule has 0 unspecified atom stereocenters. The summed E-state index contributed by atoms with van der Waals surface area (Å²) in [6, 6.07) is 64.2. The highest BCUT2D eigenvalue weighted by molar-refractivity contribution is 5.53. The van der Waals surface area contributed by atoms with E-state index in [0.717, 1.165) is 5.69 Å². The molecule has 1 N–H and O–H groups in total. The molecule has 0 spiro atoms. The summed E-state index contributed by atoms with van der Waals surface area (Å²) in [7, 11) is 0. The standard InChI is InChI=1S/C44H37N3/c1-7-20-36(21-8-1)43(37-22-9-2-10-23-37,38-24-11-3-12-25-38)46-33-19-32-42-34-47(35-45-42)44(39-26-13-4-14-27-39,40-28-15-5-16-29-40)41-30-17-6-18-31-41/h1-32,34-35,46H,33H2/b32-19+. The maximum atomic E-state index is 4.92. The largest absolute Gasteiger partial charge is 0.318 e. The van der Waals surface area contributed by atoms with Gasteiger partial charge in [-0.25, -0.2) is 4.98 Å². The topological polar surface area (TPSA) is 29.9 Å². The van der Waals surface area contributed by atoms with Gasteiger partial charge in [0.25, 0.3) is 0 Å². The molecule has 3 nitrogen and oxygen atoms in total. The van der Waals surface area contributed by atoms with Crippen molar-refractivity contribution >= 4 is 6.08 Å². The molecule has 7 aromatic rings. The van der Waals surface area contributed by atoms with Gasteiger partial charge >= 0.3 is 0 Å². The summed E-state index contributed by atoms with van der Waals surface area (Å²) in [4.78, 5) is 4.92. The summed E-state index contributed by atoms with van der Waals surface area (Å²) < 4.78 is 2.25. The molecule has 47 heavy (non-hydrogen) atoms. The molecule has 0 saturated heterocycles. The quantitative estimate of drug-likeness (QED) is 0.149. The Morgan fingerprint density at radius 1 is 0.468 bits per heavy atom. The lowest BCUT2D eigenvalue weighted by Gasteiger charge is -2.37. The minimum absolute atomic E-state index is 0.531. The lowest BCUT2D eigenvalue weighted by atomic mass is 9.77. The molecular weight excluding hydrogens is 571 g/mol. The summed E-state index contributed by atoms with van der Waals surface area (Å²) >= 11 is 0. The third kappa shape index (κ3) is 5.74. The summed E-state index contributed by atoms with van der Waals surface area (Å²) in [5.74, 6) is 0. The van der Waals surface area contributed by atoms with E-state index >= 15 is 0 Å². The number of hydrogen-bond acceptors (Lipinski definition) is 2. The van der Waals surface area contributed by atoms with Gasteiger partial charge in [-0.2, -0.15) is 0 Å². The molecule has 0 aliphatic heterocycles. The van der Waals surface area contributed by atoms with Crippen LogP contribution in [0.2, 0.25) is 0 Å². The molecule has 0 atom stereocenters. The molecule has 6 aromatic carbocycles. The zero-order chi connectivity index (χ0) is 31.8. The summed E-state index contributed by atoms with van der Waals surface area (Å²) in [6.45, 7) is 0.632. The molecule has 3 heteroatoms. The molecule has 1 heterocycles. The fourth-order valence-corrected chi connectivity index (χ4v) is 6.86. The van der Waals surface area contributed by atoms with Crippen LogP contribution in [0.1, 0.15) is 39.1 Å². The van der Waals surface area contributed by atoms with Crippen molar-refractivity contribution in [2.24, 2.45) is 0 Å². The Hall–Kier alpha value is -5.77. The first-order valence-corrected chi connectivity index (χ1v) is 16.1. The van der Waals surface area contributed by atoms with Gasteiger partial charge in [-0.3, -0.25) is 5.32 Å². The Balaban J connectivity index is 1.26. The van der Waals surface area contributed by atoms with Gasteiger partial charge in [-0.05, 0) is 39.5 Å². The molecule has 7 rings (SSSR count). The molecule has 0 aliphatic carbocycles. The highest BCUT2D eigenvalue weighted by Crippen LogP contribution is 2.41. The lowest BCUT2D eigenvalue weighted by Crippen LogP contribution is -2.44. The van der Waals surface area contributed by atoms with Crippen LogP contribution in [0, 0.1) is 0 Å². The fourth-order valence-electron chi connectivity index (χ4n) is 6.86. The third-order valence-electron chi connectivity index (χ3n) is 8.96. The van der Waals surface area contributed by atoms with E-state index in [4.69, 9.17) is 4.98 Å². The van der Waals surface area contributed by atoms with E-state index in [1.165, 1.54) is 33.4 Å². The number of nitrogens with one attached hydrogen (secondary N) is 1. The Labute approximate surface area is 277 Å². The Morgan fingerprint density at radius 3 is 1.17 bits per heavy atom. The van der Waals surface area contributed by atoms with Gasteiger partial charge in [0.2, 0.25) is 0 Å². The minimum atomic E-state index is -0.593. The SMILES string of the molecule is C(=C\c1cn(C(c2ccccc2)(c2ccccc2)c2ccccc2)cn1)/CNC(c1ccccc1)(c1ccccc1)c1ccccc1. The van der Waals surface area contributed by atoms with Crippen LogP contribution in [0.15, 0.2) is 201 Å². The minimum Gasteiger partial charge on any atom is -0.318 e. The van der Waals surface area contributed by atoms with Crippen LogP contribution >= 0.6 is 0 Å². The van der Waals surface area contributed by atoms with E-state index in [2.05, 4.69) is 210 Å². The number of hydrogen-bond donors (Lipinski definition) is 1. The van der Waals surface area contributed by atoms with Crippen LogP contribution in [0.4, 0.5) is 0 Å². The van der Waals surface area contributed by atoms with Crippen LogP contribution in [0.5, 0.6) is 0 Å². The first kappa shape index (κ1) is 29.9. The maximum absolute atomic E-state index is 4.92. The molecule has 0 amide bonds. The van der Waals surface area contributed by atoms with Crippen molar-refractivity contribution in [3.05, 3.63) is 240 Å². The van der Waals surface area contributed by atoms with Crippen LogP contribution in [0.25, 0.3) is 6.08 Å². The molecular formula is C44H37N3. The van der Waals surface area contributed by atoms with Crippen molar-refractivity contribution in [3.8, 4) is 0 Å². The second-order valence-electron chi connectivity index (χ2n) is 11.6. The molecule has 0 saturated carbocycles. The second kappa shape index (κ2) is 13.7. The summed E-state index contributed by atoms with van der Waals surface area (Å²) in [5.41, 5.74) is 6.85. The van der Waals surface area contributed by atoms with Crippen LogP contribution < -0.4 is 5.32 Å². The van der Waals surface area contributed by atoms with Crippen molar-refractivity contribution in [2.75, 3.05) is 6.54 Å². The summed E-state index contributed by atoms with van der Waals surface area (Å²) in [6.07, 6.45) is 8.40. The molecule has 1 aromatic heterocycles. The van der Waals surface area contributed by atoms with Crippen LogP contribution in [0.3, 0.4) is 0 Å². The smallest absolute Gasteiger partial charge is 0.121 e. The van der Waals surface area contributed by atoms with Crippen molar-refractivity contribution in [2.45, 2.75) is 11.1 Å². The summed E-state index contributed by atoms with van der Waals surface area (Å²) in [5, 5.41) is 3.95. The van der Waals surface area contributed by atoms with E-state index in [1.807, 2.05) is 6.33 Å². The monoisotopic (exact) mass is 607 g/mol. The number of rotatable bonds is 11. The lowest BCUT2D eigenvalue weighted by molar-refractivity contribution is 0.501. The first-order chi connectivity index (χ1) is 23.3. The van der Waals surface area contributed by atoms with Crippen LogP contribution in [-0.4, -0.2) is 16.1 Å². The maximum Gasteiger partial charge on any atom is 0.121 e. The Kier molecular flexibility index (Phi) is 8.72. The number of benzene rings is 6. The second-order valence-corrected chi connectivity index (χ2v) is 11.6. The zero-order valence-corrected chi connectivity index (χ0v) is 26.2. The highest BCUT2D eigenvalue weighted by Gasteiger charge is 2.38. The molecule has 0 fully saturated rings. The average molecular weight is 608 g/mol. The van der Waals surface area contributed by atoms with Gasteiger partial charge in [0.1, 0.15) is 5.54 Å². The number of aromatic nitrogens is 2. The van der Waals surface area contributed by atoms with E-state index in [1.54, 1.807) is 0 Å². The third-order valence-corrected chi connectivity index (χ3v) is 8.96. The van der Waals surface area contributed by atoms with Gasteiger partial charge < -0.3 is 4.57 Å². The van der Waals surface area contributed by atoms with E-state index in [0.29, 0.717) is 6.54 Å². The molecule has 0 aliphatic rings. The normalized spacial score (nSPS) is 11.9. The molecule has 228 valence electrons. The van der Waals surface area contributed by atoms with Crippen molar-refractivity contribution in [1.82, 2.24) is 14.9 Å². The van der Waals surface area contributed by atoms with Gasteiger partial charge in [-0.15, -0.1) is 0 Å². The number of imidazole rings is 1. The average Bonchev–Trinajstić information content (AvgIpc) is 3.64. The molecule has 0 radical (unpaired) electrons. The van der Waals surface area contributed by atoms with Crippen molar-refractivity contribution in [1.29, 1.82) is 0 Å². The van der Waals surface area contributed by atoms with E-state index < -0.39 is 11.1 Å². The number of nitrogens with zero attached hydrogens (tertiary/aromatic N) is 2. The van der Waals surface area contributed by atoms with Crippen LogP contribution in [-0.2, 0) is 11.1 Å². The fraction of sp³-hybridized carbons (Fsp3) is 0.0682. The van der Waals surface area contributed by atoms with Gasteiger partial charge in [0.15, 0.2) is 0 Å². The molecule has 0 bridgehead atoms. The van der Waals surface area contributed by atoms with Gasteiger partial charge in [0.05, 0.1) is 17.6 Å². The van der Waals surface area contributed by atoms with Crippen molar-refractivity contribution < 1.29 is 0 Å². The van der Waals surface area contributed by atoms with Gasteiger partial charge in [-0.1, -0.05) is 188 Å². The first-order valence-electron chi connectivity index (χ1n) is 16.1. The predicted molar refractivity (Wildman–Crippen MR) is 193 cm³/mol. The Morgan fingerprint density at radius 2 is 0.809 bits per heavy atom. The van der Waals surface area contributed by atoms with E-state index in [9.17, 15) is 0 Å². The zero-order valence-electron chi connectivity index (χ0n) is 26.2.